The van der Waals surface area contributed by atoms with Crippen molar-refractivity contribution in [2.45, 2.75) is 52.3 Å². The second kappa shape index (κ2) is 11.4. The number of nitrogens with one attached hydrogen (secondary N) is 2. The molecule has 9 nitrogen and oxygen atoms in total. The zero-order valence-electron chi connectivity index (χ0n) is 19.0. The van der Waals surface area contributed by atoms with Crippen LogP contribution in [-0.2, 0) is 38.7 Å². The minimum atomic E-state index is -0.829. The zero-order chi connectivity index (χ0) is 23.8. The van der Waals surface area contributed by atoms with E-state index in [4.69, 9.17) is 4.74 Å². The van der Waals surface area contributed by atoms with Gasteiger partial charge < -0.3 is 15.4 Å². The summed E-state index contributed by atoms with van der Waals surface area (Å²) in [6.45, 7) is 4.43. The van der Waals surface area contributed by atoms with E-state index in [1.165, 1.54) is 0 Å². The minimum Gasteiger partial charge on any atom is -0.445 e. The normalized spacial score (nSPS) is 17.6. The average molecular weight is 455 g/mol. The van der Waals surface area contributed by atoms with E-state index in [1.54, 1.807) is 24.7 Å². The number of aromatic nitrogens is 2. The van der Waals surface area contributed by atoms with E-state index in [9.17, 15) is 19.2 Å². The second-order valence-corrected chi connectivity index (χ2v) is 8.57. The Kier molecular flexibility index (Phi) is 8.34. The van der Waals surface area contributed by atoms with Gasteiger partial charge in [0.05, 0.1) is 18.8 Å². The van der Waals surface area contributed by atoms with E-state index in [0.29, 0.717) is 19.4 Å². The van der Waals surface area contributed by atoms with Crippen LogP contribution in [0.15, 0.2) is 42.7 Å². The van der Waals surface area contributed by atoms with Crippen molar-refractivity contribution in [3.8, 4) is 0 Å². The number of benzene rings is 1. The first-order valence-electron chi connectivity index (χ1n) is 11.2. The highest BCUT2D eigenvalue weighted by atomic mass is 16.5. The van der Waals surface area contributed by atoms with Gasteiger partial charge in [0.15, 0.2) is 5.78 Å². The van der Waals surface area contributed by atoms with Crippen LogP contribution in [0.2, 0.25) is 0 Å². The summed E-state index contributed by atoms with van der Waals surface area (Å²) in [4.78, 5) is 50.5. The molecule has 1 aromatic heterocycles. The van der Waals surface area contributed by atoms with Crippen molar-refractivity contribution >= 4 is 23.6 Å². The Bertz CT molecular complexity index is 986. The molecule has 0 aliphatic carbocycles. The molecular weight excluding hydrogens is 424 g/mol. The van der Waals surface area contributed by atoms with E-state index < -0.39 is 29.7 Å². The van der Waals surface area contributed by atoms with Crippen LogP contribution in [0.25, 0.3) is 0 Å². The van der Waals surface area contributed by atoms with E-state index >= 15 is 0 Å². The number of carbonyl (C=O) groups is 4. The van der Waals surface area contributed by atoms with Crippen molar-refractivity contribution in [3.63, 3.8) is 0 Å². The number of hydrogen-bond donors (Lipinski definition) is 2. The van der Waals surface area contributed by atoms with Gasteiger partial charge in [-0.2, -0.15) is 5.10 Å². The summed E-state index contributed by atoms with van der Waals surface area (Å²) in [5, 5.41) is 9.46. The summed E-state index contributed by atoms with van der Waals surface area (Å²) in [7, 11) is 0. The Morgan fingerprint density at radius 3 is 2.73 bits per heavy atom. The number of ether oxygens (including phenoxy) is 1. The Morgan fingerprint density at radius 1 is 1.24 bits per heavy atom. The maximum Gasteiger partial charge on any atom is 0.408 e. The van der Waals surface area contributed by atoms with Crippen LogP contribution >= 0.6 is 0 Å². The van der Waals surface area contributed by atoms with Gasteiger partial charge in [0.25, 0.3) is 5.91 Å². The first kappa shape index (κ1) is 24.2. The van der Waals surface area contributed by atoms with Crippen LogP contribution < -0.4 is 10.6 Å². The third-order valence-corrected chi connectivity index (χ3v) is 5.64. The van der Waals surface area contributed by atoms with Gasteiger partial charge in [-0.1, -0.05) is 44.2 Å². The standard InChI is InChI=1S/C24H30N4O5/c1-16(2)21(27-24(32)33-15-17-6-4-3-5-7-17)20(29)12-19-9-8-18-13-26-28(14-18)11-10-25-23(31)22(19)30/h3-7,13-14,16,19,21H,8-12,15H2,1-2H3,(H,25,31)(H,27,32). The summed E-state index contributed by atoms with van der Waals surface area (Å²) in [6.07, 6.45) is 3.63. The number of alkyl carbamates (subject to hydrolysis) is 1. The highest BCUT2D eigenvalue weighted by Gasteiger charge is 2.32. The number of amides is 2. The molecule has 1 aromatic carbocycles. The van der Waals surface area contributed by atoms with Crippen LogP contribution in [0.1, 0.15) is 37.8 Å². The molecule has 2 N–H and O–H groups in total. The van der Waals surface area contributed by atoms with Gasteiger partial charge in [-0.3, -0.25) is 19.1 Å². The van der Waals surface area contributed by atoms with E-state index in [-0.39, 0.29) is 31.3 Å². The second-order valence-electron chi connectivity index (χ2n) is 8.57. The Morgan fingerprint density at radius 2 is 2.00 bits per heavy atom. The number of fused-ring (bicyclic) bond motifs is 2. The number of Topliss-reactive ketones (excluding diaryl/α,β-unsaturated/α-hetero) is 2. The molecule has 1 aliphatic heterocycles. The van der Waals surface area contributed by atoms with Gasteiger partial charge in [-0.15, -0.1) is 0 Å². The maximum atomic E-state index is 13.1. The molecule has 1 aliphatic rings. The number of carbonyl (C=O) groups excluding carboxylic acids is 4. The molecule has 2 unspecified atom stereocenters. The van der Waals surface area contributed by atoms with Crippen LogP contribution in [0.4, 0.5) is 4.79 Å². The predicted octanol–water partition coefficient (Wildman–Crippen LogP) is 2.04. The topological polar surface area (TPSA) is 119 Å². The van der Waals surface area contributed by atoms with E-state index in [1.807, 2.05) is 36.5 Å². The fourth-order valence-electron chi connectivity index (χ4n) is 3.76. The lowest BCUT2D eigenvalue weighted by Crippen LogP contribution is -2.46. The number of ketones is 2. The molecule has 2 heterocycles. The van der Waals surface area contributed by atoms with Gasteiger partial charge >= 0.3 is 6.09 Å². The van der Waals surface area contributed by atoms with Crippen molar-refractivity contribution in [3.05, 3.63) is 53.9 Å². The molecule has 0 spiro atoms. The quantitative estimate of drug-likeness (QED) is 0.618. The molecule has 2 bridgehead atoms. The number of aryl methyl sites for hydroxylation is 1. The summed E-state index contributed by atoms with van der Waals surface area (Å²) < 4.78 is 6.95. The number of hydrogen-bond acceptors (Lipinski definition) is 6. The van der Waals surface area contributed by atoms with Crippen molar-refractivity contribution in [2.24, 2.45) is 11.8 Å². The third kappa shape index (κ3) is 7.00. The molecule has 3 rings (SSSR count). The van der Waals surface area contributed by atoms with Gasteiger partial charge in [-0.25, -0.2) is 4.79 Å². The van der Waals surface area contributed by atoms with Crippen LogP contribution in [0.5, 0.6) is 0 Å². The van der Waals surface area contributed by atoms with Gasteiger partial charge in [-0.05, 0) is 29.9 Å². The molecule has 33 heavy (non-hydrogen) atoms. The van der Waals surface area contributed by atoms with Gasteiger partial charge in [0, 0.05) is 25.1 Å². The van der Waals surface area contributed by atoms with Gasteiger partial charge in [0.1, 0.15) is 6.61 Å². The lowest BCUT2D eigenvalue weighted by Gasteiger charge is -2.23. The van der Waals surface area contributed by atoms with Crippen molar-refractivity contribution in [1.29, 1.82) is 0 Å². The first-order chi connectivity index (χ1) is 15.8. The average Bonchev–Trinajstić information content (AvgIpc) is 3.25. The summed E-state index contributed by atoms with van der Waals surface area (Å²) in [5.74, 6) is -2.60. The summed E-state index contributed by atoms with van der Waals surface area (Å²) in [6, 6.07) is 8.39. The molecule has 9 heteroatoms. The van der Waals surface area contributed by atoms with E-state index in [0.717, 1.165) is 11.1 Å². The zero-order valence-corrected chi connectivity index (χ0v) is 19.0. The minimum absolute atomic E-state index is 0.0840. The fraction of sp³-hybridized carbons (Fsp3) is 0.458. The number of nitrogens with zero attached hydrogens (tertiary/aromatic N) is 2. The molecule has 2 amide bonds. The lowest BCUT2D eigenvalue weighted by atomic mass is 9.87. The molecule has 0 saturated carbocycles. The predicted molar refractivity (Wildman–Crippen MR) is 120 cm³/mol. The lowest BCUT2D eigenvalue weighted by molar-refractivity contribution is -0.141. The van der Waals surface area contributed by atoms with Crippen LogP contribution in [-0.4, -0.2) is 45.9 Å². The maximum absolute atomic E-state index is 13.1. The molecule has 0 saturated heterocycles. The largest absolute Gasteiger partial charge is 0.445 e. The van der Waals surface area contributed by atoms with Gasteiger partial charge in [0.2, 0.25) is 5.78 Å². The Balaban J connectivity index is 1.63. The highest BCUT2D eigenvalue weighted by Crippen LogP contribution is 2.19. The first-order valence-corrected chi connectivity index (χ1v) is 11.2. The third-order valence-electron chi connectivity index (χ3n) is 5.64. The van der Waals surface area contributed by atoms with Crippen molar-refractivity contribution in [1.82, 2.24) is 20.4 Å². The molecule has 176 valence electrons. The molecule has 0 fully saturated rings. The Hall–Kier alpha value is -3.49. The molecular formula is C24H30N4O5. The van der Waals surface area contributed by atoms with Crippen LogP contribution in [0.3, 0.4) is 0 Å². The smallest absolute Gasteiger partial charge is 0.408 e. The fourth-order valence-corrected chi connectivity index (χ4v) is 3.76. The monoisotopic (exact) mass is 454 g/mol. The highest BCUT2D eigenvalue weighted by molar-refractivity contribution is 6.37. The Labute approximate surface area is 192 Å². The van der Waals surface area contributed by atoms with Crippen molar-refractivity contribution in [2.75, 3.05) is 6.54 Å². The van der Waals surface area contributed by atoms with Crippen molar-refractivity contribution < 1.29 is 23.9 Å². The summed E-state index contributed by atoms with van der Waals surface area (Å²) in [5.41, 5.74) is 1.77. The van der Waals surface area contributed by atoms with Crippen LogP contribution in [0, 0.1) is 11.8 Å². The summed E-state index contributed by atoms with van der Waals surface area (Å²) >= 11 is 0. The number of rotatable bonds is 7. The molecule has 0 radical (unpaired) electrons. The SMILES string of the molecule is CC(C)C(NC(=O)OCc1ccccc1)C(=O)CC1CCc2cnn(c2)CCNC(=O)C1=O. The molecule has 2 aromatic rings. The van der Waals surface area contributed by atoms with E-state index in [2.05, 4.69) is 15.7 Å². The molecule has 2 atom stereocenters.